The van der Waals surface area contributed by atoms with Gasteiger partial charge in [-0.3, -0.25) is 0 Å². The van der Waals surface area contributed by atoms with Gasteiger partial charge in [0.2, 0.25) is 0 Å². The van der Waals surface area contributed by atoms with Crippen LogP contribution in [-0.2, 0) is 4.74 Å². The lowest BCUT2D eigenvalue weighted by molar-refractivity contribution is 0.123. The van der Waals surface area contributed by atoms with Crippen LogP contribution in [0.15, 0.2) is 29.3 Å². The maximum absolute atomic E-state index is 5.47. The highest BCUT2D eigenvalue weighted by Gasteiger charge is 2.20. The molecule has 0 bridgehead atoms. The first-order valence-electron chi connectivity index (χ1n) is 8.51. The van der Waals surface area contributed by atoms with E-state index in [4.69, 9.17) is 9.73 Å². The lowest BCUT2D eigenvalue weighted by Gasteiger charge is -2.34. The van der Waals surface area contributed by atoms with Crippen molar-refractivity contribution in [2.45, 2.75) is 39.2 Å². The number of morpholine rings is 1. The topological polar surface area (TPSA) is 28.1 Å². The first-order chi connectivity index (χ1) is 10.8. The predicted octanol–water partition coefficient (Wildman–Crippen LogP) is 3.45. The average molecular weight is 301 g/mol. The highest BCUT2D eigenvalue weighted by Crippen LogP contribution is 2.30. The highest BCUT2D eigenvalue weighted by atomic mass is 16.5. The number of para-hydroxylation sites is 2. The lowest BCUT2D eigenvalue weighted by Crippen LogP contribution is -2.40. The van der Waals surface area contributed by atoms with Gasteiger partial charge in [0.15, 0.2) is 0 Å². The Morgan fingerprint density at radius 2 is 1.82 bits per heavy atom. The second kappa shape index (κ2) is 7.14. The Balaban J connectivity index is 1.88. The summed E-state index contributed by atoms with van der Waals surface area (Å²) in [6.45, 7) is 9.18. The Morgan fingerprint density at radius 3 is 2.59 bits per heavy atom. The first-order valence-corrected chi connectivity index (χ1v) is 8.51. The molecule has 0 unspecified atom stereocenters. The minimum atomic E-state index is 0.523. The second-order valence-electron chi connectivity index (χ2n) is 6.36. The summed E-state index contributed by atoms with van der Waals surface area (Å²) in [6.07, 6.45) is 3.62. The van der Waals surface area contributed by atoms with Crippen molar-refractivity contribution in [3.05, 3.63) is 24.3 Å². The number of rotatable bonds is 3. The first kappa shape index (κ1) is 15.3. The molecule has 0 atom stereocenters. The van der Waals surface area contributed by atoms with Crippen LogP contribution in [0.2, 0.25) is 0 Å². The fourth-order valence-corrected chi connectivity index (χ4v) is 3.28. The molecule has 2 heterocycles. The molecule has 0 radical (unpaired) electrons. The Bertz CT molecular complexity index is 521. The molecule has 2 fully saturated rings. The fraction of sp³-hybridized carbons (Fsp3) is 0.611. The Labute approximate surface area is 133 Å². The maximum atomic E-state index is 5.47. The molecule has 1 aromatic rings. The summed E-state index contributed by atoms with van der Waals surface area (Å²) in [5.41, 5.74) is 2.35. The van der Waals surface area contributed by atoms with Crippen LogP contribution in [-0.4, -0.2) is 49.6 Å². The molecular formula is C18H27N3O. The molecule has 3 rings (SSSR count). The number of likely N-dealkylation sites (tertiary alicyclic amines) is 1. The van der Waals surface area contributed by atoms with Crippen molar-refractivity contribution in [1.29, 1.82) is 0 Å². The molecule has 4 heteroatoms. The van der Waals surface area contributed by atoms with Crippen molar-refractivity contribution in [2.75, 3.05) is 37.7 Å². The van der Waals surface area contributed by atoms with Gasteiger partial charge in [-0.25, -0.2) is 4.99 Å². The third kappa shape index (κ3) is 3.43. The minimum absolute atomic E-state index is 0.523. The molecule has 2 saturated heterocycles. The summed E-state index contributed by atoms with van der Waals surface area (Å²) < 4.78 is 5.47. The van der Waals surface area contributed by atoms with E-state index >= 15 is 0 Å². The number of nitrogens with zero attached hydrogens (tertiary/aromatic N) is 3. The third-order valence-corrected chi connectivity index (χ3v) is 4.49. The van der Waals surface area contributed by atoms with Crippen molar-refractivity contribution in [2.24, 2.45) is 4.99 Å². The monoisotopic (exact) mass is 301 g/mol. The van der Waals surface area contributed by atoms with E-state index < -0.39 is 0 Å². The molecule has 22 heavy (non-hydrogen) atoms. The molecule has 120 valence electrons. The number of piperidine rings is 1. The van der Waals surface area contributed by atoms with Gasteiger partial charge in [-0.05, 0) is 38.8 Å². The molecule has 0 N–H and O–H groups in total. The van der Waals surface area contributed by atoms with Gasteiger partial charge >= 0.3 is 0 Å². The van der Waals surface area contributed by atoms with Gasteiger partial charge in [0, 0.05) is 32.1 Å². The van der Waals surface area contributed by atoms with E-state index in [1.54, 1.807) is 0 Å². The van der Waals surface area contributed by atoms with Crippen molar-refractivity contribution in [3.8, 4) is 0 Å². The van der Waals surface area contributed by atoms with Crippen LogP contribution in [0.4, 0.5) is 11.4 Å². The summed E-state index contributed by atoms with van der Waals surface area (Å²) in [5.74, 6) is 1.25. The molecule has 0 amide bonds. The van der Waals surface area contributed by atoms with Crippen molar-refractivity contribution in [1.82, 2.24) is 4.90 Å². The number of ether oxygens (including phenoxy) is 1. The maximum Gasteiger partial charge on any atom is 0.105 e. The van der Waals surface area contributed by atoms with E-state index in [0.29, 0.717) is 6.04 Å². The van der Waals surface area contributed by atoms with Crippen LogP contribution in [0.5, 0.6) is 0 Å². The van der Waals surface area contributed by atoms with Crippen molar-refractivity contribution < 1.29 is 4.74 Å². The standard InChI is InChI=1S/C18H27N3O/c1-15(2)21-10-6-5-9-18(21)19-16-7-3-4-8-17(16)20-11-13-22-14-12-20/h3-4,7-8,15H,5-6,9-14H2,1-2H3/b19-18+. The summed E-state index contributed by atoms with van der Waals surface area (Å²) in [6, 6.07) is 9.05. The highest BCUT2D eigenvalue weighted by molar-refractivity contribution is 5.87. The molecule has 0 aromatic heterocycles. The van der Waals surface area contributed by atoms with E-state index in [-0.39, 0.29) is 0 Å². The zero-order valence-corrected chi connectivity index (χ0v) is 13.8. The Morgan fingerprint density at radius 1 is 1.05 bits per heavy atom. The van der Waals surface area contributed by atoms with Crippen molar-refractivity contribution >= 4 is 17.2 Å². The van der Waals surface area contributed by atoms with Gasteiger partial charge in [-0.2, -0.15) is 0 Å². The number of benzene rings is 1. The predicted molar refractivity (Wildman–Crippen MR) is 92.3 cm³/mol. The molecule has 4 nitrogen and oxygen atoms in total. The molecular weight excluding hydrogens is 274 g/mol. The van der Waals surface area contributed by atoms with E-state index in [9.17, 15) is 0 Å². The van der Waals surface area contributed by atoms with E-state index in [0.717, 1.165) is 45.0 Å². The van der Waals surface area contributed by atoms with Gasteiger partial charge in [-0.15, -0.1) is 0 Å². The van der Waals surface area contributed by atoms with Crippen LogP contribution in [0.25, 0.3) is 0 Å². The summed E-state index contributed by atoms with van der Waals surface area (Å²) >= 11 is 0. The average Bonchev–Trinajstić information content (AvgIpc) is 2.56. The van der Waals surface area contributed by atoms with Crippen LogP contribution in [0, 0.1) is 0 Å². The Kier molecular flexibility index (Phi) is 4.98. The van der Waals surface area contributed by atoms with E-state index in [1.807, 2.05) is 0 Å². The normalized spacial score (nSPS) is 21.7. The SMILES string of the molecule is CC(C)N1CCCC/C1=N\c1ccccc1N1CCOCC1. The van der Waals surface area contributed by atoms with Crippen LogP contribution in [0.1, 0.15) is 33.1 Å². The largest absolute Gasteiger partial charge is 0.378 e. The van der Waals surface area contributed by atoms with Gasteiger partial charge in [0.05, 0.1) is 24.6 Å². The Hall–Kier alpha value is -1.55. The van der Waals surface area contributed by atoms with Gasteiger partial charge in [0.25, 0.3) is 0 Å². The minimum Gasteiger partial charge on any atom is -0.378 e. The van der Waals surface area contributed by atoms with Crippen LogP contribution in [0.3, 0.4) is 0 Å². The van der Waals surface area contributed by atoms with Gasteiger partial charge < -0.3 is 14.5 Å². The molecule has 2 aliphatic heterocycles. The number of amidine groups is 1. The number of aliphatic imine (C=N–C) groups is 1. The van der Waals surface area contributed by atoms with E-state index in [2.05, 4.69) is 47.9 Å². The summed E-state index contributed by atoms with van der Waals surface area (Å²) in [5, 5.41) is 0. The summed E-state index contributed by atoms with van der Waals surface area (Å²) in [7, 11) is 0. The number of hydrogen-bond acceptors (Lipinski definition) is 3. The van der Waals surface area contributed by atoms with Gasteiger partial charge in [-0.1, -0.05) is 12.1 Å². The molecule has 0 spiro atoms. The molecule has 1 aromatic carbocycles. The van der Waals surface area contributed by atoms with Crippen LogP contribution < -0.4 is 4.90 Å². The fourth-order valence-electron chi connectivity index (χ4n) is 3.28. The molecule has 0 saturated carbocycles. The zero-order chi connectivity index (χ0) is 15.4. The molecule has 0 aliphatic carbocycles. The smallest absolute Gasteiger partial charge is 0.105 e. The third-order valence-electron chi connectivity index (χ3n) is 4.49. The number of anilines is 1. The quantitative estimate of drug-likeness (QED) is 0.856. The van der Waals surface area contributed by atoms with Gasteiger partial charge in [0.1, 0.15) is 5.84 Å². The summed E-state index contributed by atoms with van der Waals surface area (Å²) in [4.78, 5) is 9.91. The van der Waals surface area contributed by atoms with Crippen LogP contribution >= 0.6 is 0 Å². The lowest BCUT2D eigenvalue weighted by atomic mass is 10.1. The zero-order valence-electron chi connectivity index (χ0n) is 13.8. The molecule has 2 aliphatic rings. The van der Waals surface area contributed by atoms with Crippen molar-refractivity contribution in [3.63, 3.8) is 0 Å². The number of hydrogen-bond donors (Lipinski definition) is 0. The van der Waals surface area contributed by atoms with E-state index in [1.165, 1.54) is 24.4 Å². The second-order valence-corrected chi connectivity index (χ2v) is 6.36.